The normalized spacial score (nSPS) is 28.5. The molecule has 1 aromatic rings. The van der Waals surface area contributed by atoms with Crippen LogP contribution in [-0.4, -0.2) is 33.8 Å². The van der Waals surface area contributed by atoms with Crippen LogP contribution >= 0.6 is 23.2 Å². The molecule has 0 aliphatic carbocycles. The molecule has 2 heterocycles. The lowest BCUT2D eigenvalue weighted by Gasteiger charge is -2.46. The lowest BCUT2D eigenvalue weighted by Crippen LogP contribution is -2.55. The Balaban J connectivity index is 2.38. The maximum Gasteiger partial charge on any atom is 0.225 e. The largest absolute Gasteiger partial charge is 0.394 e. The first-order chi connectivity index (χ1) is 8.44. The lowest BCUT2D eigenvalue weighted by atomic mass is 9.84. The summed E-state index contributed by atoms with van der Waals surface area (Å²) < 4.78 is 0. The minimum absolute atomic E-state index is 0.0823. The number of anilines is 1. The van der Waals surface area contributed by atoms with E-state index in [1.165, 1.54) is 0 Å². The summed E-state index contributed by atoms with van der Waals surface area (Å²) in [5.74, 6) is 1.24. The monoisotopic (exact) mass is 289 g/mol. The molecule has 0 aromatic carbocycles. The molecule has 1 fully saturated rings. The van der Waals surface area contributed by atoms with E-state index in [0.29, 0.717) is 16.9 Å². The van der Waals surface area contributed by atoms with E-state index in [1.807, 2.05) is 6.92 Å². The van der Waals surface area contributed by atoms with Crippen molar-refractivity contribution in [2.24, 2.45) is 5.92 Å². The summed E-state index contributed by atoms with van der Waals surface area (Å²) in [5.41, 5.74) is -0.312. The van der Waals surface area contributed by atoms with Crippen molar-refractivity contribution in [2.75, 3.05) is 18.1 Å². The molecule has 18 heavy (non-hydrogen) atoms. The standard InChI is InChI=1S/C12H17Cl2N3O/c1-8-3-4-12(2,7-18)17(6-8)10-5-9(13)15-11(14)16-10/h5,8,18H,3-4,6-7H2,1-2H3/t8-,12+/m1/s1. The Morgan fingerprint density at radius 2 is 2.22 bits per heavy atom. The van der Waals surface area contributed by atoms with Crippen LogP contribution in [0.25, 0.3) is 0 Å². The zero-order chi connectivity index (χ0) is 13.3. The quantitative estimate of drug-likeness (QED) is 0.672. The second-order valence-electron chi connectivity index (χ2n) is 5.23. The fraction of sp³-hybridized carbons (Fsp3) is 0.667. The van der Waals surface area contributed by atoms with E-state index in [1.54, 1.807) is 6.07 Å². The molecule has 4 nitrogen and oxygen atoms in total. The molecule has 0 unspecified atom stereocenters. The molecule has 1 aromatic heterocycles. The number of piperidine rings is 1. The van der Waals surface area contributed by atoms with Gasteiger partial charge in [0, 0.05) is 12.6 Å². The summed E-state index contributed by atoms with van der Waals surface area (Å²) in [6.45, 7) is 5.14. The number of aromatic nitrogens is 2. The van der Waals surface area contributed by atoms with E-state index in [4.69, 9.17) is 23.2 Å². The van der Waals surface area contributed by atoms with Gasteiger partial charge >= 0.3 is 0 Å². The Hall–Kier alpha value is -0.580. The van der Waals surface area contributed by atoms with Crippen LogP contribution in [-0.2, 0) is 0 Å². The van der Waals surface area contributed by atoms with Crippen LogP contribution in [0.4, 0.5) is 5.82 Å². The fourth-order valence-electron chi connectivity index (χ4n) is 2.37. The van der Waals surface area contributed by atoms with Gasteiger partial charge in [0.15, 0.2) is 0 Å². The summed E-state index contributed by atoms with van der Waals surface area (Å²) in [7, 11) is 0. The number of hydrogen-bond acceptors (Lipinski definition) is 4. The molecule has 0 spiro atoms. The van der Waals surface area contributed by atoms with Crippen LogP contribution in [0, 0.1) is 5.92 Å². The van der Waals surface area contributed by atoms with Gasteiger partial charge in [-0.25, -0.2) is 9.97 Å². The first kappa shape index (κ1) is 13.8. The third-order valence-corrected chi connectivity index (χ3v) is 3.96. The minimum atomic E-state index is -0.312. The summed E-state index contributed by atoms with van der Waals surface area (Å²) >= 11 is 11.8. The van der Waals surface area contributed by atoms with Gasteiger partial charge in [0.05, 0.1) is 12.1 Å². The third kappa shape index (κ3) is 2.71. The van der Waals surface area contributed by atoms with Crippen molar-refractivity contribution in [3.05, 3.63) is 16.5 Å². The van der Waals surface area contributed by atoms with Gasteiger partial charge in [-0.1, -0.05) is 18.5 Å². The number of halogens is 2. The molecule has 1 N–H and O–H groups in total. The molecule has 0 saturated carbocycles. The summed E-state index contributed by atoms with van der Waals surface area (Å²) in [4.78, 5) is 10.2. The number of nitrogens with zero attached hydrogens (tertiary/aromatic N) is 3. The predicted octanol–water partition coefficient (Wildman–Crippen LogP) is 2.77. The van der Waals surface area contributed by atoms with Crippen molar-refractivity contribution < 1.29 is 5.11 Å². The molecule has 1 aliphatic heterocycles. The molecule has 100 valence electrons. The number of rotatable bonds is 2. The van der Waals surface area contributed by atoms with Gasteiger partial charge in [-0.15, -0.1) is 0 Å². The van der Waals surface area contributed by atoms with Gasteiger partial charge in [0.1, 0.15) is 11.0 Å². The van der Waals surface area contributed by atoms with Gasteiger partial charge in [0.2, 0.25) is 5.28 Å². The Labute approximate surface area is 117 Å². The lowest BCUT2D eigenvalue weighted by molar-refractivity contribution is 0.159. The van der Waals surface area contributed by atoms with E-state index in [0.717, 1.165) is 19.4 Å². The van der Waals surface area contributed by atoms with Gasteiger partial charge in [0.25, 0.3) is 0 Å². The molecular formula is C12H17Cl2N3O. The number of hydrogen-bond donors (Lipinski definition) is 1. The van der Waals surface area contributed by atoms with E-state index in [-0.39, 0.29) is 17.4 Å². The molecular weight excluding hydrogens is 273 g/mol. The summed E-state index contributed by atoms with van der Waals surface area (Å²) in [5, 5.41) is 10.1. The average molecular weight is 290 g/mol. The van der Waals surface area contributed by atoms with Crippen molar-refractivity contribution >= 4 is 29.0 Å². The van der Waals surface area contributed by atoms with Gasteiger partial charge < -0.3 is 10.0 Å². The SMILES string of the molecule is C[C@@H]1CC[C@@](C)(CO)N(c2cc(Cl)nc(Cl)n2)C1. The number of aliphatic hydroxyl groups is 1. The average Bonchev–Trinajstić information content (AvgIpc) is 2.31. The van der Waals surface area contributed by atoms with Crippen LogP contribution < -0.4 is 4.90 Å². The van der Waals surface area contributed by atoms with Gasteiger partial charge in [-0.3, -0.25) is 0 Å². The highest BCUT2D eigenvalue weighted by molar-refractivity contribution is 6.32. The van der Waals surface area contributed by atoms with E-state index >= 15 is 0 Å². The Morgan fingerprint density at radius 3 is 2.83 bits per heavy atom. The predicted molar refractivity (Wildman–Crippen MR) is 73.3 cm³/mol. The van der Waals surface area contributed by atoms with Crippen LogP contribution in [0.5, 0.6) is 0 Å². The topological polar surface area (TPSA) is 49.2 Å². The van der Waals surface area contributed by atoms with Gasteiger partial charge in [-0.2, -0.15) is 0 Å². The van der Waals surface area contributed by atoms with Crippen LogP contribution in [0.1, 0.15) is 26.7 Å². The molecule has 6 heteroatoms. The Morgan fingerprint density at radius 1 is 1.50 bits per heavy atom. The minimum Gasteiger partial charge on any atom is -0.394 e. The molecule has 0 bridgehead atoms. The van der Waals surface area contributed by atoms with Crippen LogP contribution in [0.2, 0.25) is 10.4 Å². The van der Waals surface area contributed by atoms with Gasteiger partial charge in [-0.05, 0) is 37.3 Å². The highest BCUT2D eigenvalue weighted by Crippen LogP contribution is 2.34. The maximum absolute atomic E-state index is 9.66. The second-order valence-corrected chi connectivity index (χ2v) is 5.95. The van der Waals surface area contributed by atoms with E-state index in [9.17, 15) is 5.11 Å². The molecule has 2 atom stereocenters. The second kappa shape index (κ2) is 5.19. The van der Waals surface area contributed by atoms with E-state index in [2.05, 4.69) is 21.8 Å². The summed E-state index contributed by atoms with van der Waals surface area (Å²) in [6.07, 6.45) is 2.02. The van der Waals surface area contributed by atoms with Crippen molar-refractivity contribution in [2.45, 2.75) is 32.2 Å². The molecule has 2 rings (SSSR count). The molecule has 1 saturated heterocycles. The van der Waals surface area contributed by atoms with Crippen molar-refractivity contribution in [1.82, 2.24) is 9.97 Å². The highest BCUT2D eigenvalue weighted by atomic mass is 35.5. The van der Waals surface area contributed by atoms with Crippen molar-refractivity contribution in [1.29, 1.82) is 0 Å². The molecule has 0 amide bonds. The zero-order valence-corrected chi connectivity index (χ0v) is 12.0. The highest BCUT2D eigenvalue weighted by Gasteiger charge is 2.37. The van der Waals surface area contributed by atoms with E-state index < -0.39 is 0 Å². The van der Waals surface area contributed by atoms with Crippen molar-refractivity contribution in [3.63, 3.8) is 0 Å². The van der Waals surface area contributed by atoms with Crippen LogP contribution in [0.15, 0.2) is 6.07 Å². The maximum atomic E-state index is 9.66. The zero-order valence-electron chi connectivity index (χ0n) is 10.5. The first-order valence-electron chi connectivity index (χ1n) is 6.03. The van der Waals surface area contributed by atoms with Crippen LogP contribution in [0.3, 0.4) is 0 Å². The molecule has 1 aliphatic rings. The Bertz CT molecular complexity index is 423. The fourth-order valence-corrected chi connectivity index (χ4v) is 2.77. The number of aliphatic hydroxyl groups excluding tert-OH is 1. The summed E-state index contributed by atoms with van der Waals surface area (Å²) in [6, 6.07) is 1.69. The first-order valence-corrected chi connectivity index (χ1v) is 6.79. The third-order valence-electron chi connectivity index (χ3n) is 3.59. The van der Waals surface area contributed by atoms with Crippen molar-refractivity contribution in [3.8, 4) is 0 Å². The smallest absolute Gasteiger partial charge is 0.225 e. The molecule has 0 radical (unpaired) electrons. The Kier molecular flexibility index (Phi) is 3.99.